The highest BCUT2D eigenvalue weighted by Crippen LogP contribution is 2.02. The summed E-state index contributed by atoms with van der Waals surface area (Å²) in [6, 6.07) is 10.00. The highest BCUT2D eigenvalue weighted by molar-refractivity contribution is 5.87. The summed E-state index contributed by atoms with van der Waals surface area (Å²) in [5.74, 6) is 0. The number of nitrogens with zero attached hydrogens (tertiary/aromatic N) is 1. The molecule has 0 atom stereocenters. The summed E-state index contributed by atoms with van der Waals surface area (Å²) in [5, 5.41) is 4.00. The highest BCUT2D eigenvalue weighted by Gasteiger charge is 2.01. The van der Waals surface area contributed by atoms with Crippen LogP contribution in [-0.2, 0) is 11.2 Å². The Kier molecular flexibility index (Phi) is 5.05. The zero-order valence-corrected chi connectivity index (χ0v) is 9.56. The van der Waals surface area contributed by atoms with Crippen molar-refractivity contribution in [2.45, 2.75) is 19.8 Å². The van der Waals surface area contributed by atoms with Crippen molar-refractivity contribution in [3.8, 4) is 0 Å². The largest absolute Gasteiger partial charge is 0.452 e. The number of hydrogen-bond donors (Lipinski definition) is 1. The number of benzene rings is 1. The normalized spacial score (nSPS) is 11.0. The van der Waals surface area contributed by atoms with Gasteiger partial charge in [-0.3, -0.25) is 0 Å². The van der Waals surface area contributed by atoms with Gasteiger partial charge in [-0.15, -0.1) is 0 Å². The lowest BCUT2D eigenvalue weighted by atomic mass is 10.1. The van der Waals surface area contributed by atoms with E-state index in [0.717, 1.165) is 18.6 Å². The second kappa shape index (κ2) is 6.61. The maximum atomic E-state index is 10.8. The molecule has 0 saturated carbocycles. The molecule has 0 aromatic heterocycles. The van der Waals surface area contributed by atoms with Crippen molar-refractivity contribution in [2.24, 2.45) is 5.10 Å². The Bertz CT molecular complexity index is 361. The molecule has 0 fully saturated rings. The van der Waals surface area contributed by atoms with Gasteiger partial charge in [-0.2, -0.15) is 5.10 Å². The number of rotatable bonds is 4. The maximum Gasteiger partial charge on any atom is 0.427 e. The van der Waals surface area contributed by atoms with Gasteiger partial charge in [0.1, 0.15) is 0 Å². The van der Waals surface area contributed by atoms with Crippen LogP contribution in [0.3, 0.4) is 0 Å². The van der Waals surface area contributed by atoms with Crippen molar-refractivity contribution in [2.75, 3.05) is 7.11 Å². The Labute approximate surface area is 95.3 Å². The summed E-state index contributed by atoms with van der Waals surface area (Å²) in [7, 11) is 1.31. The standard InChI is InChI=1S/C12H16N2O2/c1-3-11(13-14-12(15)16-2)9-10-7-5-4-6-8-10/h4-8H,3,9H2,1-2H3,(H,14,15). The van der Waals surface area contributed by atoms with Crippen LogP contribution in [0.4, 0.5) is 4.79 Å². The molecule has 0 aliphatic carbocycles. The lowest BCUT2D eigenvalue weighted by molar-refractivity contribution is 0.171. The van der Waals surface area contributed by atoms with E-state index in [1.807, 2.05) is 37.3 Å². The van der Waals surface area contributed by atoms with Gasteiger partial charge in [0.15, 0.2) is 0 Å². The Balaban J connectivity index is 2.58. The lowest BCUT2D eigenvalue weighted by Gasteiger charge is -2.04. The summed E-state index contributed by atoms with van der Waals surface area (Å²) < 4.78 is 4.44. The molecular weight excluding hydrogens is 204 g/mol. The van der Waals surface area contributed by atoms with Crippen molar-refractivity contribution >= 4 is 11.8 Å². The quantitative estimate of drug-likeness (QED) is 0.625. The maximum absolute atomic E-state index is 10.8. The molecule has 0 aliphatic rings. The number of ether oxygens (including phenoxy) is 1. The molecule has 0 heterocycles. The van der Waals surface area contributed by atoms with Gasteiger partial charge < -0.3 is 4.74 Å². The summed E-state index contributed by atoms with van der Waals surface area (Å²) in [5.41, 5.74) is 4.42. The number of hydrogen-bond acceptors (Lipinski definition) is 3. The molecule has 0 saturated heterocycles. The van der Waals surface area contributed by atoms with E-state index in [2.05, 4.69) is 15.3 Å². The number of amides is 1. The third-order valence-electron chi connectivity index (χ3n) is 2.15. The van der Waals surface area contributed by atoms with E-state index in [4.69, 9.17) is 0 Å². The van der Waals surface area contributed by atoms with E-state index >= 15 is 0 Å². The molecule has 1 N–H and O–H groups in total. The molecule has 0 radical (unpaired) electrons. The van der Waals surface area contributed by atoms with Crippen molar-refractivity contribution in [3.05, 3.63) is 35.9 Å². The second-order valence-corrected chi connectivity index (χ2v) is 3.30. The minimum Gasteiger partial charge on any atom is -0.452 e. The fraction of sp³-hybridized carbons (Fsp3) is 0.333. The van der Waals surface area contributed by atoms with Crippen LogP contribution in [0, 0.1) is 0 Å². The molecule has 0 bridgehead atoms. The van der Waals surface area contributed by atoms with Crippen LogP contribution >= 0.6 is 0 Å². The average molecular weight is 220 g/mol. The van der Waals surface area contributed by atoms with Gasteiger partial charge in [0, 0.05) is 12.1 Å². The topological polar surface area (TPSA) is 50.7 Å². The molecule has 1 amide bonds. The van der Waals surface area contributed by atoms with Crippen LogP contribution < -0.4 is 5.43 Å². The first-order valence-corrected chi connectivity index (χ1v) is 5.19. The molecule has 1 rings (SSSR count). The van der Waals surface area contributed by atoms with E-state index in [1.54, 1.807) is 0 Å². The second-order valence-electron chi connectivity index (χ2n) is 3.30. The van der Waals surface area contributed by atoms with Crippen LogP contribution in [0.25, 0.3) is 0 Å². The van der Waals surface area contributed by atoms with Gasteiger partial charge in [-0.05, 0) is 12.0 Å². The molecule has 0 unspecified atom stereocenters. The Morgan fingerprint density at radius 3 is 2.62 bits per heavy atom. The minimum atomic E-state index is -0.543. The van der Waals surface area contributed by atoms with Crippen LogP contribution in [-0.4, -0.2) is 18.9 Å². The first-order chi connectivity index (χ1) is 7.76. The van der Waals surface area contributed by atoms with E-state index in [-0.39, 0.29) is 0 Å². The smallest absolute Gasteiger partial charge is 0.427 e. The summed E-state index contributed by atoms with van der Waals surface area (Å²) >= 11 is 0. The summed E-state index contributed by atoms with van der Waals surface area (Å²) in [4.78, 5) is 10.8. The highest BCUT2D eigenvalue weighted by atomic mass is 16.5. The number of carbonyl (C=O) groups excluding carboxylic acids is 1. The van der Waals surface area contributed by atoms with Gasteiger partial charge in [-0.1, -0.05) is 37.3 Å². The number of carbonyl (C=O) groups is 1. The van der Waals surface area contributed by atoms with Crippen molar-refractivity contribution in [1.82, 2.24) is 5.43 Å². The van der Waals surface area contributed by atoms with Crippen LogP contribution in [0.2, 0.25) is 0 Å². The Morgan fingerprint density at radius 2 is 2.06 bits per heavy atom. The monoisotopic (exact) mass is 220 g/mol. The fourth-order valence-electron chi connectivity index (χ4n) is 1.25. The van der Waals surface area contributed by atoms with Gasteiger partial charge >= 0.3 is 6.09 Å². The van der Waals surface area contributed by atoms with E-state index in [1.165, 1.54) is 12.7 Å². The summed E-state index contributed by atoms with van der Waals surface area (Å²) in [6.07, 6.45) is 0.985. The lowest BCUT2D eigenvalue weighted by Crippen LogP contribution is -2.19. The van der Waals surface area contributed by atoms with Gasteiger partial charge in [0.2, 0.25) is 0 Å². The molecular formula is C12H16N2O2. The van der Waals surface area contributed by atoms with E-state index in [9.17, 15) is 4.79 Å². The molecule has 86 valence electrons. The van der Waals surface area contributed by atoms with E-state index in [0.29, 0.717) is 0 Å². The van der Waals surface area contributed by atoms with Crippen molar-refractivity contribution in [1.29, 1.82) is 0 Å². The first kappa shape index (κ1) is 12.2. The number of nitrogens with one attached hydrogen (secondary N) is 1. The SMILES string of the molecule is CCC(Cc1ccccc1)=NNC(=O)OC. The molecule has 0 spiro atoms. The predicted octanol–water partition coefficient (Wildman–Crippen LogP) is 2.35. The first-order valence-electron chi connectivity index (χ1n) is 5.19. The number of methoxy groups -OCH3 is 1. The van der Waals surface area contributed by atoms with Crippen molar-refractivity contribution in [3.63, 3.8) is 0 Å². The van der Waals surface area contributed by atoms with Crippen LogP contribution in [0.5, 0.6) is 0 Å². The van der Waals surface area contributed by atoms with E-state index < -0.39 is 6.09 Å². The minimum absolute atomic E-state index is 0.543. The van der Waals surface area contributed by atoms with Gasteiger partial charge in [-0.25, -0.2) is 10.2 Å². The average Bonchev–Trinajstić information content (AvgIpc) is 2.35. The molecule has 1 aromatic carbocycles. The summed E-state index contributed by atoms with van der Waals surface area (Å²) in [6.45, 7) is 2.00. The Morgan fingerprint density at radius 1 is 1.38 bits per heavy atom. The predicted molar refractivity (Wildman–Crippen MR) is 63.4 cm³/mol. The molecule has 4 heteroatoms. The Hall–Kier alpha value is -1.84. The zero-order chi connectivity index (χ0) is 11.8. The molecule has 1 aromatic rings. The molecule has 4 nitrogen and oxygen atoms in total. The third-order valence-corrected chi connectivity index (χ3v) is 2.15. The van der Waals surface area contributed by atoms with Crippen molar-refractivity contribution < 1.29 is 9.53 Å². The van der Waals surface area contributed by atoms with Gasteiger partial charge in [0.25, 0.3) is 0 Å². The zero-order valence-electron chi connectivity index (χ0n) is 9.56. The fourth-order valence-corrected chi connectivity index (χ4v) is 1.25. The van der Waals surface area contributed by atoms with Crippen LogP contribution in [0.1, 0.15) is 18.9 Å². The van der Waals surface area contributed by atoms with Crippen LogP contribution in [0.15, 0.2) is 35.4 Å². The molecule has 0 aliphatic heterocycles. The van der Waals surface area contributed by atoms with Gasteiger partial charge in [0.05, 0.1) is 7.11 Å². The number of hydrazone groups is 1. The third kappa shape index (κ3) is 4.13. The molecule has 16 heavy (non-hydrogen) atoms.